The van der Waals surface area contributed by atoms with Gasteiger partial charge in [0.2, 0.25) is 0 Å². The predicted molar refractivity (Wildman–Crippen MR) is 102 cm³/mol. The maximum atomic E-state index is 10.5. The number of carboxylic acids is 1. The molecule has 2 aromatic heterocycles. The number of rotatable bonds is 10. The van der Waals surface area contributed by atoms with Gasteiger partial charge in [0.05, 0.1) is 12.4 Å². The number of carboxylic acid groups (broad SMARTS) is 1. The van der Waals surface area contributed by atoms with E-state index < -0.39 is 36.6 Å². The molecule has 0 amide bonds. The van der Waals surface area contributed by atoms with Gasteiger partial charge in [-0.15, -0.1) is 0 Å². The molecule has 6 N–H and O–H groups in total. The van der Waals surface area contributed by atoms with E-state index in [2.05, 4.69) is 15.0 Å². The van der Waals surface area contributed by atoms with Gasteiger partial charge in [-0.2, -0.15) is 0 Å². The monoisotopic (exact) mass is 409 g/mol. The second-order valence-corrected chi connectivity index (χ2v) is 7.32. The van der Waals surface area contributed by atoms with Crippen molar-refractivity contribution in [3.63, 3.8) is 0 Å². The standard InChI is InChI=1S/C18H27N5O6/c19-16-12-17(21-8-20-16)23(9-22-12)18-14(28)13(27)15(29-18)10(24)6-4-2-1-3-5-7-11(25)26/h8-10,13-15,18,24,27-28H,1-7H2,(H,25,26)(H2,19,20,21)/t10?,13-,14+,15+,18+/m0/s1. The zero-order valence-electron chi connectivity index (χ0n) is 16.0. The van der Waals surface area contributed by atoms with Crippen molar-refractivity contribution >= 4 is 23.0 Å². The van der Waals surface area contributed by atoms with E-state index in [0.717, 1.165) is 19.3 Å². The van der Waals surface area contributed by atoms with Gasteiger partial charge in [0.15, 0.2) is 17.7 Å². The van der Waals surface area contributed by atoms with Gasteiger partial charge in [-0.05, 0) is 12.8 Å². The van der Waals surface area contributed by atoms with E-state index >= 15 is 0 Å². The molecule has 1 aliphatic rings. The van der Waals surface area contributed by atoms with E-state index in [1.54, 1.807) is 0 Å². The second kappa shape index (κ2) is 9.44. The first-order chi connectivity index (χ1) is 13.9. The zero-order valence-corrected chi connectivity index (χ0v) is 16.0. The number of nitrogens with zero attached hydrogens (tertiary/aromatic N) is 4. The number of anilines is 1. The molecule has 3 heterocycles. The number of aliphatic carboxylic acids is 1. The van der Waals surface area contributed by atoms with Crippen LogP contribution in [0.15, 0.2) is 12.7 Å². The molecule has 0 bridgehead atoms. The minimum Gasteiger partial charge on any atom is -0.481 e. The smallest absolute Gasteiger partial charge is 0.303 e. The lowest BCUT2D eigenvalue weighted by Gasteiger charge is -2.21. The third-order valence-electron chi connectivity index (χ3n) is 5.21. The number of aliphatic hydroxyl groups is 3. The Bertz CT molecular complexity index is 830. The fraction of sp³-hybridized carbons (Fsp3) is 0.667. The Labute approximate surface area is 167 Å². The highest BCUT2D eigenvalue weighted by molar-refractivity contribution is 5.81. The number of nitrogens with two attached hydrogens (primary N) is 1. The van der Waals surface area contributed by atoms with Crippen molar-refractivity contribution < 1.29 is 30.0 Å². The van der Waals surface area contributed by atoms with Crippen LogP contribution >= 0.6 is 0 Å². The topological polar surface area (TPSA) is 177 Å². The van der Waals surface area contributed by atoms with Crippen molar-refractivity contribution in [1.29, 1.82) is 0 Å². The van der Waals surface area contributed by atoms with Gasteiger partial charge in [0.25, 0.3) is 0 Å². The van der Waals surface area contributed by atoms with Crippen molar-refractivity contribution in [1.82, 2.24) is 19.5 Å². The molecular weight excluding hydrogens is 382 g/mol. The molecule has 1 unspecified atom stereocenters. The third kappa shape index (κ3) is 4.81. The third-order valence-corrected chi connectivity index (χ3v) is 5.21. The normalized spacial score (nSPS) is 25.5. The molecule has 3 rings (SSSR count). The maximum Gasteiger partial charge on any atom is 0.303 e. The summed E-state index contributed by atoms with van der Waals surface area (Å²) in [5.74, 6) is -0.595. The molecule has 0 spiro atoms. The van der Waals surface area contributed by atoms with Crippen LogP contribution in [0.5, 0.6) is 0 Å². The molecule has 1 fully saturated rings. The van der Waals surface area contributed by atoms with Gasteiger partial charge in [0, 0.05) is 6.42 Å². The van der Waals surface area contributed by atoms with Gasteiger partial charge in [-0.25, -0.2) is 15.0 Å². The Morgan fingerprint density at radius 2 is 1.86 bits per heavy atom. The molecule has 0 radical (unpaired) electrons. The van der Waals surface area contributed by atoms with Gasteiger partial charge in [-0.3, -0.25) is 9.36 Å². The van der Waals surface area contributed by atoms with Crippen molar-refractivity contribution in [3.05, 3.63) is 12.7 Å². The first kappa shape index (κ1) is 21.4. The highest BCUT2D eigenvalue weighted by atomic mass is 16.6. The number of carbonyl (C=O) groups is 1. The molecule has 160 valence electrons. The highest BCUT2D eigenvalue weighted by Gasteiger charge is 2.47. The summed E-state index contributed by atoms with van der Waals surface area (Å²) >= 11 is 0. The van der Waals surface area contributed by atoms with Gasteiger partial charge in [-0.1, -0.05) is 25.7 Å². The van der Waals surface area contributed by atoms with Gasteiger partial charge < -0.3 is 30.9 Å². The molecule has 1 aliphatic heterocycles. The Kier molecular flexibility index (Phi) is 6.96. The van der Waals surface area contributed by atoms with Crippen LogP contribution in [0.2, 0.25) is 0 Å². The second-order valence-electron chi connectivity index (χ2n) is 7.32. The van der Waals surface area contributed by atoms with Crippen LogP contribution in [-0.4, -0.2) is 70.3 Å². The Morgan fingerprint density at radius 3 is 2.62 bits per heavy atom. The fourth-order valence-electron chi connectivity index (χ4n) is 3.61. The molecule has 0 saturated carbocycles. The van der Waals surface area contributed by atoms with Crippen molar-refractivity contribution in [3.8, 4) is 0 Å². The first-order valence-corrected chi connectivity index (χ1v) is 9.74. The summed E-state index contributed by atoms with van der Waals surface area (Å²) in [7, 11) is 0. The maximum absolute atomic E-state index is 10.5. The number of nitrogen functional groups attached to an aromatic ring is 1. The fourth-order valence-corrected chi connectivity index (χ4v) is 3.61. The van der Waals surface area contributed by atoms with Crippen LogP contribution in [0.4, 0.5) is 5.82 Å². The molecule has 29 heavy (non-hydrogen) atoms. The van der Waals surface area contributed by atoms with E-state index in [4.69, 9.17) is 15.6 Å². The van der Waals surface area contributed by atoms with E-state index in [1.165, 1.54) is 17.2 Å². The first-order valence-electron chi connectivity index (χ1n) is 9.74. The summed E-state index contributed by atoms with van der Waals surface area (Å²) in [5.41, 5.74) is 6.50. The molecule has 2 aromatic rings. The molecule has 1 saturated heterocycles. The summed E-state index contributed by atoms with van der Waals surface area (Å²) in [5, 5.41) is 39.8. The summed E-state index contributed by atoms with van der Waals surface area (Å²) in [4.78, 5) is 22.6. The Hall–Kier alpha value is -2.34. The largest absolute Gasteiger partial charge is 0.481 e. The molecular formula is C18H27N5O6. The molecule has 5 atom stereocenters. The number of fused-ring (bicyclic) bond motifs is 1. The van der Waals surface area contributed by atoms with E-state index in [0.29, 0.717) is 30.4 Å². The lowest BCUT2D eigenvalue weighted by molar-refractivity contribution is -0.137. The zero-order chi connectivity index (χ0) is 21.0. The van der Waals surface area contributed by atoms with Gasteiger partial charge in [0.1, 0.15) is 30.2 Å². The molecule has 0 aliphatic carbocycles. The number of aliphatic hydroxyl groups excluding tert-OH is 3. The predicted octanol–water partition coefficient (Wildman–Crippen LogP) is 0.204. The average Bonchev–Trinajstić information content (AvgIpc) is 3.23. The lowest BCUT2D eigenvalue weighted by atomic mass is 10.00. The van der Waals surface area contributed by atoms with Crippen LogP contribution in [0.25, 0.3) is 11.2 Å². The van der Waals surface area contributed by atoms with Crippen molar-refractivity contribution in [2.24, 2.45) is 0 Å². The van der Waals surface area contributed by atoms with Crippen molar-refractivity contribution in [2.45, 2.75) is 75.6 Å². The minimum atomic E-state index is -1.26. The van der Waals surface area contributed by atoms with Gasteiger partial charge >= 0.3 is 5.97 Å². The van der Waals surface area contributed by atoms with Crippen LogP contribution < -0.4 is 5.73 Å². The van der Waals surface area contributed by atoms with Crippen LogP contribution in [0.1, 0.15) is 51.2 Å². The SMILES string of the molecule is Nc1ncnc2c1ncn2[C@@H]1O[C@H](C(O)CCCCCCCC(=O)O)[C@@H](O)[C@H]1O. The van der Waals surface area contributed by atoms with E-state index in [9.17, 15) is 20.1 Å². The minimum absolute atomic E-state index is 0.170. The van der Waals surface area contributed by atoms with E-state index in [1.807, 2.05) is 0 Å². The molecule has 0 aromatic carbocycles. The van der Waals surface area contributed by atoms with Crippen molar-refractivity contribution in [2.75, 3.05) is 5.73 Å². The summed E-state index contributed by atoms with van der Waals surface area (Å²) in [6, 6.07) is 0. The van der Waals surface area contributed by atoms with Crippen LogP contribution in [-0.2, 0) is 9.53 Å². The summed E-state index contributed by atoms with van der Waals surface area (Å²) in [6.45, 7) is 0. The summed E-state index contributed by atoms with van der Waals surface area (Å²) in [6.07, 6.45) is 1.77. The summed E-state index contributed by atoms with van der Waals surface area (Å²) < 4.78 is 7.24. The number of hydrogen-bond donors (Lipinski definition) is 5. The number of unbranched alkanes of at least 4 members (excludes halogenated alkanes) is 4. The lowest BCUT2D eigenvalue weighted by Crippen LogP contribution is -2.38. The highest BCUT2D eigenvalue weighted by Crippen LogP contribution is 2.34. The molecule has 11 nitrogen and oxygen atoms in total. The van der Waals surface area contributed by atoms with Crippen LogP contribution in [0.3, 0.4) is 0 Å². The number of aromatic nitrogens is 4. The van der Waals surface area contributed by atoms with E-state index in [-0.39, 0.29) is 12.2 Å². The molecule has 11 heteroatoms. The quantitative estimate of drug-likeness (QED) is 0.341. The Morgan fingerprint density at radius 1 is 1.14 bits per heavy atom. The van der Waals surface area contributed by atoms with Crippen LogP contribution in [0, 0.1) is 0 Å². The number of imidazole rings is 1. The number of hydrogen-bond acceptors (Lipinski definition) is 9. The average molecular weight is 409 g/mol. The Balaban J connectivity index is 1.53. The number of ether oxygens (including phenoxy) is 1.